The van der Waals surface area contributed by atoms with Crippen LogP contribution in [0.5, 0.6) is 11.5 Å². The van der Waals surface area contributed by atoms with Crippen LogP contribution in [0.1, 0.15) is 12.2 Å². The van der Waals surface area contributed by atoms with Gasteiger partial charge in [-0.25, -0.2) is 4.98 Å². The number of hydrogen-bond donors (Lipinski definition) is 1. The first-order valence-electron chi connectivity index (χ1n) is 5.91. The molecule has 0 saturated carbocycles. The van der Waals surface area contributed by atoms with E-state index in [1.807, 2.05) is 18.2 Å². The molecule has 0 saturated heterocycles. The van der Waals surface area contributed by atoms with E-state index in [1.165, 1.54) is 0 Å². The highest BCUT2D eigenvalue weighted by molar-refractivity contribution is 5.68. The summed E-state index contributed by atoms with van der Waals surface area (Å²) in [6.07, 6.45) is 2.80. The van der Waals surface area contributed by atoms with Crippen molar-refractivity contribution in [3.05, 3.63) is 30.2 Å². The molecule has 0 aliphatic carbocycles. The van der Waals surface area contributed by atoms with Crippen molar-refractivity contribution < 1.29 is 9.47 Å². The number of benzene rings is 1. The average molecular weight is 257 g/mol. The molecule has 0 spiro atoms. The summed E-state index contributed by atoms with van der Waals surface area (Å²) < 4.78 is 10.5. The maximum Gasteiger partial charge on any atom is 0.128 e. The van der Waals surface area contributed by atoms with Gasteiger partial charge in [-0.05, 0) is 18.2 Å². The van der Waals surface area contributed by atoms with E-state index in [0.29, 0.717) is 12.8 Å². The van der Waals surface area contributed by atoms with Crippen molar-refractivity contribution in [2.24, 2.45) is 0 Å². The number of methoxy groups -OCH3 is 2. The number of aryl methyl sites for hydroxylation is 1. The van der Waals surface area contributed by atoms with E-state index >= 15 is 0 Å². The van der Waals surface area contributed by atoms with Gasteiger partial charge in [-0.1, -0.05) is 0 Å². The highest BCUT2D eigenvalue weighted by atomic mass is 16.5. The lowest BCUT2D eigenvalue weighted by Gasteiger charge is -2.08. The van der Waals surface area contributed by atoms with Gasteiger partial charge in [0.25, 0.3) is 0 Å². The minimum absolute atomic E-state index is 0.447. The fourth-order valence-corrected chi connectivity index (χ4v) is 1.83. The van der Waals surface area contributed by atoms with Gasteiger partial charge in [0.1, 0.15) is 17.3 Å². The lowest BCUT2D eigenvalue weighted by molar-refractivity contribution is 0.404. The molecule has 0 bridgehead atoms. The molecule has 0 fully saturated rings. The van der Waals surface area contributed by atoms with Crippen LogP contribution >= 0.6 is 0 Å². The third-order valence-corrected chi connectivity index (χ3v) is 2.80. The van der Waals surface area contributed by atoms with Crippen molar-refractivity contribution in [2.75, 3.05) is 14.2 Å². The molecule has 0 aliphatic rings. The second-order valence-electron chi connectivity index (χ2n) is 3.97. The van der Waals surface area contributed by atoms with E-state index in [1.54, 1.807) is 20.4 Å². The fraction of sp³-hybridized carbons (Fsp3) is 0.286. The minimum atomic E-state index is 0.447. The predicted octanol–water partition coefficient (Wildman–Crippen LogP) is 2.55. The SMILES string of the molecule is COc1ccc(OC)c(-c2cnc(CCC#N)[nH]2)c1. The van der Waals surface area contributed by atoms with Gasteiger partial charge in [0.05, 0.1) is 32.2 Å². The van der Waals surface area contributed by atoms with Crippen molar-refractivity contribution >= 4 is 0 Å². The van der Waals surface area contributed by atoms with Gasteiger partial charge in [0.2, 0.25) is 0 Å². The Labute approximate surface area is 111 Å². The zero-order valence-corrected chi connectivity index (χ0v) is 10.9. The second kappa shape index (κ2) is 5.91. The summed E-state index contributed by atoms with van der Waals surface area (Å²) in [6.45, 7) is 0. The van der Waals surface area contributed by atoms with Crippen LogP contribution < -0.4 is 9.47 Å². The van der Waals surface area contributed by atoms with Crippen molar-refractivity contribution in [3.8, 4) is 28.8 Å². The zero-order chi connectivity index (χ0) is 13.7. The minimum Gasteiger partial charge on any atom is -0.497 e. The van der Waals surface area contributed by atoms with E-state index in [4.69, 9.17) is 14.7 Å². The summed E-state index contributed by atoms with van der Waals surface area (Å²) in [5, 5.41) is 8.57. The third-order valence-electron chi connectivity index (χ3n) is 2.80. The summed E-state index contributed by atoms with van der Waals surface area (Å²) in [6, 6.07) is 7.68. The molecule has 98 valence electrons. The number of ether oxygens (including phenoxy) is 2. The number of hydrogen-bond acceptors (Lipinski definition) is 4. The predicted molar refractivity (Wildman–Crippen MR) is 71.1 cm³/mol. The molecule has 0 aliphatic heterocycles. The van der Waals surface area contributed by atoms with Crippen LogP contribution in [0.4, 0.5) is 0 Å². The number of nitrogens with zero attached hydrogens (tertiary/aromatic N) is 2. The van der Waals surface area contributed by atoms with Gasteiger partial charge in [-0.2, -0.15) is 5.26 Å². The van der Waals surface area contributed by atoms with E-state index < -0.39 is 0 Å². The van der Waals surface area contributed by atoms with Crippen molar-refractivity contribution in [1.82, 2.24) is 9.97 Å². The molecule has 5 nitrogen and oxygen atoms in total. The highest BCUT2D eigenvalue weighted by Gasteiger charge is 2.10. The van der Waals surface area contributed by atoms with Crippen molar-refractivity contribution in [3.63, 3.8) is 0 Å². The Morgan fingerprint density at radius 1 is 1.32 bits per heavy atom. The van der Waals surface area contributed by atoms with E-state index in [9.17, 15) is 0 Å². The Balaban J connectivity index is 2.34. The first-order chi connectivity index (χ1) is 9.28. The van der Waals surface area contributed by atoms with Gasteiger partial charge in [-0.15, -0.1) is 0 Å². The van der Waals surface area contributed by atoms with Gasteiger partial charge >= 0.3 is 0 Å². The van der Waals surface area contributed by atoms with Gasteiger partial charge in [-0.3, -0.25) is 0 Å². The number of aromatic nitrogens is 2. The van der Waals surface area contributed by atoms with Crippen LogP contribution in [-0.4, -0.2) is 24.2 Å². The molecule has 0 radical (unpaired) electrons. The van der Waals surface area contributed by atoms with Crippen LogP contribution in [0, 0.1) is 11.3 Å². The molecule has 1 heterocycles. The number of H-pyrrole nitrogens is 1. The lowest BCUT2D eigenvalue weighted by atomic mass is 10.1. The molecular formula is C14H15N3O2. The van der Waals surface area contributed by atoms with Crippen LogP contribution in [0.3, 0.4) is 0 Å². The number of aromatic amines is 1. The molecule has 0 atom stereocenters. The fourth-order valence-electron chi connectivity index (χ4n) is 1.83. The summed E-state index contributed by atoms with van der Waals surface area (Å²) in [7, 11) is 3.25. The van der Waals surface area contributed by atoms with Crippen molar-refractivity contribution in [2.45, 2.75) is 12.8 Å². The van der Waals surface area contributed by atoms with Crippen LogP contribution in [-0.2, 0) is 6.42 Å². The summed E-state index contributed by atoms with van der Waals surface area (Å²) in [5.41, 5.74) is 1.74. The van der Waals surface area contributed by atoms with Gasteiger partial charge in [0, 0.05) is 18.4 Å². The first kappa shape index (κ1) is 13.0. The van der Waals surface area contributed by atoms with Crippen LogP contribution in [0.25, 0.3) is 11.3 Å². The van der Waals surface area contributed by atoms with Crippen LogP contribution in [0.2, 0.25) is 0 Å². The monoisotopic (exact) mass is 257 g/mol. The van der Waals surface area contributed by atoms with Crippen LogP contribution in [0.15, 0.2) is 24.4 Å². The zero-order valence-electron chi connectivity index (χ0n) is 10.9. The molecule has 1 N–H and O–H groups in total. The lowest BCUT2D eigenvalue weighted by Crippen LogP contribution is -1.91. The quantitative estimate of drug-likeness (QED) is 0.893. The number of nitriles is 1. The topological polar surface area (TPSA) is 70.9 Å². The summed E-state index contributed by atoms with van der Waals surface area (Å²) in [4.78, 5) is 7.45. The maximum absolute atomic E-state index is 8.57. The number of rotatable bonds is 5. The molecular weight excluding hydrogens is 242 g/mol. The highest BCUT2D eigenvalue weighted by Crippen LogP contribution is 2.32. The second-order valence-corrected chi connectivity index (χ2v) is 3.97. The standard InChI is InChI=1S/C14H15N3O2/c1-18-10-5-6-13(19-2)11(8-10)12-9-16-14(17-12)4-3-7-15/h5-6,8-9H,3-4H2,1-2H3,(H,16,17). The van der Waals surface area contributed by atoms with E-state index in [2.05, 4.69) is 16.0 Å². The van der Waals surface area contributed by atoms with E-state index in [-0.39, 0.29) is 0 Å². The number of imidazole rings is 1. The Kier molecular flexibility index (Phi) is 4.04. The smallest absolute Gasteiger partial charge is 0.128 e. The third kappa shape index (κ3) is 2.86. The molecule has 0 unspecified atom stereocenters. The molecule has 1 aromatic heterocycles. The molecule has 2 rings (SSSR count). The largest absolute Gasteiger partial charge is 0.497 e. The first-order valence-corrected chi connectivity index (χ1v) is 5.91. The van der Waals surface area contributed by atoms with Gasteiger partial charge in [0.15, 0.2) is 0 Å². The summed E-state index contributed by atoms with van der Waals surface area (Å²) >= 11 is 0. The molecule has 0 amide bonds. The normalized spacial score (nSPS) is 9.95. The maximum atomic E-state index is 8.57. The number of nitrogens with one attached hydrogen (secondary N) is 1. The Hall–Kier alpha value is -2.48. The Bertz CT molecular complexity index is 599. The Morgan fingerprint density at radius 2 is 2.16 bits per heavy atom. The van der Waals surface area contributed by atoms with Crippen molar-refractivity contribution in [1.29, 1.82) is 5.26 Å². The summed E-state index contributed by atoms with van der Waals surface area (Å²) in [5.74, 6) is 2.29. The Morgan fingerprint density at radius 3 is 2.84 bits per heavy atom. The molecule has 2 aromatic rings. The van der Waals surface area contributed by atoms with Gasteiger partial charge < -0.3 is 14.5 Å². The average Bonchev–Trinajstić information content (AvgIpc) is 2.93. The molecule has 5 heteroatoms. The molecule has 19 heavy (non-hydrogen) atoms. The molecule has 1 aromatic carbocycles. The van der Waals surface area contributed by atoms with E-state index in [0.717, 1.165) is 28.6 Å².